The minimum absolute atomic E-state index is 0.872. The Kier molecular flexibility index (Phi) is 5.97. The van der Waals surface area contributed by atoms with E-state index in [4.69, 9.17) is 4.98 Å². The second-order valence-electron chi connectivity index (χ2n) is 8.18. The summed E-state index contributed by atoms with van der Waals surface area (Å²) < 4.78 is 0. The first kappa shape index (κ1) is 21.5. The third-order valence-electron chi connectivity index (χ3n) is 5.83. The van der Waals surface area contributed by atoms with E-state index in [0.717, 1.165) is 39.5 Å². The number of aromatic amines is 1. The highest BCUT2D eigenvalue weighted by Gasteiger charge is 2.15. The van der Waals surface area contributed by atoms with Crippen molar-refractivity contribution in [1.82, 2.24) is 9.97 Å². The monoisotopic (exact) mass is 486 g/mol. The molecule has 6 rings (SSSR count). The highest BCUT2D eigenvalue weighted by atomic mass is 32.1. The van der Waals surface area contributed by atoms with Crippen molar-refractivity contribution in [2.24, 2.45) is 0 Å². The number of hydrogen-bond acceptors (Lipinski definition) is 3. The van der Waals surface area contributed by atoms with E-state index in [1.807, 2.05) is 23.5 Å². The molecule has 0 unspecified atom stereocenters. The Morgan fingerprint density at radius 2 is 1.34 bits per heavy atom. The van der Waals surface area contributed by atoms with Gasteiger partial charge in [0.25, 0.3) is 0 Å². The molecule has 3 aromatic carbocycles. The third-order valence-corrected chi connectivity index (χ3v) is 7.94. The molecule has 0 aliphatic carbocycles. The highest BCUT2D eigenvalue weighted by molar-refractivity contribution is 7.21. The molecule has 35 heavy (non-hydrogen) atoms. The van der Waals surface area contributed by atoms with Gasteiger partial charge in [0.15, 0.2) is 0 Å². The van der Waals surface area contributed by atoms with Gasteiger partial charge in [-0.05, 0) is 35.2 Å². The number of nitrogens with zero attached hydrogens (tertiary/aromatic N) is 1. The number of nitrogens with one attached hydrogen (secondary N) is 1. The molecular weight excluding hydrogens is 464 g/mol. The number of thiophene rings is 2. The molecule has 168 valence electrons. The summed E-state index contributed by atoms with van der Waals surface area (Å²) in [6, 6.07) is 37.9. The quantitative estimate of drug-likeness (QED) is 0.250. The largest absolute Gasteiger partial charge is 0.337 e. The van der Waals surface area contributed by atoms with Crippen LogP contribution in [-0.2, 0) is 0 Å². The van der Waals surface area contributed by atoms with Crippen molar-refractivity contribution in [1.29, 1.82) is 0 Å². The van der Waals surface area contributed by atoms with Gasteiger partial charge in [-0.2, -0.15) is 0 Å². The maximum atomic E-state index is 5.01. The average molecular weight is 487 g/mol. The van der Waals surface area contributed by atoms with Crippen molar-refractivity contribution in [2.45, 2.75) is 0 Å². The molecule has 6 aromatic rings. The summed E-state index contributed by atoms with van der Waals surface area (Å²) in [6.45, 7) is 0. The molecule has 0 spiro atoms. The summed E-state index contributed by atoms with van der Waals surface area (Å²) in [5, 5.41) is 2.12. The first-order chi connectivity index (χ1) is 17.3. The summed E-state index contributed by atoms with van der Waals surface area (Å²) in [6.07, 6.45) is 4.35. The van der Waals surface area contributed by atoms with E-state index < -0.39 is 0 Å². The van der Waals surface area contributed by atoms with E-state index in [9.17, 15) is 0 Å². The SMILES string of the molecule is C(=C\c1ccc(-c2cccs2)s1)/c1ccc(-c2nc(-c3ccccc3)c(-c3ccccc3)[nH]2)cc1. The summed E-state index contributed by atoms with van der Waals surface area (Å²) in [4.78, 5) is 12.5. The molecule has 1 N–H and O–H groups in total. The van der Waals surface area contributed by atoms with Gasteiger partial charge >= 0.3 is 0 Å². The van der Waals surface area contributed by atoms with Gasteiger partial charge in [-0.25, -0.2) is 4.98 Å². The molecule has 0 amide bonds. The molecule has 3 aromatic heterocycles. The standard InChI is InChI=1S/C31H22N2S2/c1-3-8-23(9-4-1)29-30(24-10-5-2-6-11-24)33-31(32-29)25-16-13-22(14-17-25)15-18-26-19-20-28(35-26)27-12-7-21-34-27/h1-21H,(H,32,33)/b18-15+. The molecule has 0 saturated heterocycles. The zero-order chi connectivity index (χ0) is 23.5. The van der Waals surface area contributed by atoms with Crippen LogP contribution in [0.4, 0.5) is 0 Å². The van der Waals surface area contributed by atoms with Gasteiger partial charge in [-0.15, -0.1) is 22.7 Å². The van der Waals surface area contributed by atoms with E-state index in [-0.39, 0.29) is 0 Å². The van der Waals surface area contributed by atoms with Crippen LogP contribution in [0.3, 0.4) is 0 Å². The number of benzene rings is 3. The number of aromatic nitrogens is 2. The van der Waals surface area contributed by atoms with Gasteiger partial charge in [0.2, 0.25) is 0 Å². The van der Waals surface area contributed by atoms with E-state index in [1.54, 1.807) is 11.3 Å². The predicted octanol–water partition coefficient (Wildman–Crippen LogP) is 9.37. The molecule has 3 heterocycles. The van der Waals surface area contributed by atoms with E-state index in [0.29, 0.717) is 0 Å². The van der Waals surface area contributed by atoms with Crippen LogP contribution >= 0.6 is 22.7 Å². The number of rotatable bonds is 6. The predicted molar refractivity (Wildman–Crippen MR) is 151 cm³/mol. The van der Waals surface area contributed by atoms with Crippen molar-refractivity contribution < 1.29 is 0 Å². The van der Waals surface area contributed by atoms with Gasteiger partial charge in [0.05, 0.1) is 11.4 Å². The maximum absolute atomic E-state index is 5.01. The Balaban J connectivity index is 1.27. The van der Waals surface area contributed by atoms with Crippen LogP contribution in [0.15, 0.2) is 115 Å². The fourth-order valence-electron chi connectivity index (χ4n) is 4.05. The van der Waals surface area contributed by atoms with Crippen LogP contribution in [-0.4, -0.2) is 9.97 Å². The van der Waals surface area contributed by atoms with E-state index in [1.165, 1.54) is 14.6 Å². The van der Waals surface area contributed by atoms with Gasteiger partial charge in [-0.1, -0.05) is 97.1 Å². The lowest BCUT2D eigenvalue weighted by molar-refractivity contribution is 1.31. The van der Waals surface area contributed by atoms with Crippen molar-refractivity contribution in [2.75, 3.05) is 0 Å². The minimum Gasteiger partial charge on any atom is -0.337 e. The number of H-pyrrole nitrogens is 1. The summed E-state index contributed by atoms with van der Waals surface area (Å²) >= 11 is 3.60. The molecule has 2 nitrogen and oxygen atoms in total. The molecule has 0 bridgehead atoms. The Morgan fingerprint density at radius 3 is 2.06 bits per heavy atom. The minimum atomic E-state index is 0.872. The zero-order valence-corrected chi connectivity index (χ0v) is 20.5. The Hall–Kier alpha value is -3.99. The van der Waals surface area contributed by atoms with Crippen LogP contribution in [0, 0.1) is 0 Å². The lowest BCUT2D eigenvalue weighted by Crippen LogP contribution is -1.82. The second kappa shape index (κ2) is 9.71. The van der Waals surface area contributed by atoms with Crippen LogP contribution in [0.25, 0.3) is 55.8 Å². The van der Waals surface area contributed by atoms with Crippen molar-refractivity contribution in [3.8, 4) is 43.7 Å². The van der Waals surface area contributed by atoms with Crippen LogP contribution in [0.1, 0.15) is 10.4 Å². The average Bonchev–Trinajstić information content (AvgIpc) is 3.70. The normalized spacial score (nSPS) is 11.3. The fourth-order valence-corrected chi connectivity index (χ4v) is 5.80. The van der Waals surface area contributed by atoms with Gasteiger partial charge in [-0.3, -0.25) is 0 Å². The summed E-state index contributed by atoms with van der Waals surface area (Å²) in [5.41, 5.74) is 6.47. The highest BCUT2D eigenvalue weighted by Crippen LogP contribution is 2.34. The maximum Gasteiger partial charge on any atom is 0.138 e. The molecule has 0 atom stereocenters. The zero-order valence-electron chi connectivity index (χ0n) is 18.9. The van der Waals surface area contributed by atoms with Crippen molar-refractivity contribution in [3.63, 3.8) is 0 Å². The Labute approximate surface area is 212 Å². The third kappa shape index (κ3) is 4.67. The Morgan fingerprint density at radius 1 is 0.600 bits per heavy atom. The van der Waals surface area contributed by atoms with E-state index >= 15 is 0 Å². The molecular formula is C31H22N2S2. The van der Waals surface area contributed by atoms with Crippen LogP contribution in [0.5, 0.6) is 0 Å². The first-order valence-electron chi connectivity index (χ1n) is 11.5. The van der Waals surface area contributed by atoms with Crippen molar-refractivity contribution in [3.05, 3.63) is 125 Å². The molecule has 4 heteroatoms. The topological polar surface area (TPSA) is 28.7 Å². The van der Waals surface area contributed by atoms with Gasteiger partial charge < -0.3 is 4.98 Å². The summed E-state index contributed by atoms with van der Waals surface area (Å²) in [7, 11) is 0. The molecule has 0 aliphatic rings. The van der Waals surface area contributed by atoms with Gasteiger partial charge in [0, 0.05) is 31.3 Å². The molecule has 0 aliphatic heterocycles. The van der Waals surface area contributed by atoms with Gasteiger partial charge in [0.1, 0.15) is 5.82 Å². The lowest BCUT2D eigenvalue weighted by Gasteiger charge is -2.02. The van der Waals surface area contributed by atoms with Crippen LogP contribution in [0.2, 0.25) is 0 Å². The number of hydrogen-bond donors (Lipinski definition) is 1. The molecule has 0 radical (unpaired) electrons. The lowest BCUT2D eigenvalue weighted by atomic mass is 10.1. The summed E-state index contributed by atoms with van der Waals surface area (Å²) in [5.74, 6) is 0.872. The first-order valence-corrected chi connectivity index (χ1v) is 13.2. The van der Waals surface area contributed by atoms with Crippen LogP contribution < -0.4 is 0 Å². The van der Waals surface area contributed by atoms with Crippen molar-refractivity contribution >= 4 is 34.8 Å². The number of imidazole rings is 1. The molecule has 0 saturated carbocycles. The second-order valence-corrected chi connectivity index (χ2v) is 10.2. The fraction of sp³-hybridized carbons (Fsp3) is 0. The molecule has 0 fully saturated rings. The smallest absolute Gasteiger partial charge is 0.138 e. The Bertz CT molecular complexity index is 1500. The van der Waals surface area contributed by atoms with E-state index in [2.05, 4.69) is 120 Å².